The van der Waals surface area contributed by atoms with E-state index in [4.69, 9.17) is 14.9 Å². The molecule has 108 valence electrons. The van der Waals surface area contributed by atoms with Crippen molar-refractivity contribution in [2.45, 2.75) is 26.8 Å². The van der Waals surface area contributed by atoms with Crippen molar-refractivity contribution >= 4 is 15.9 Å². The Morgan fingerprint density at radius 3 is 2.40 bits per heavy atom. The van der Waals surface area contributed by atoms with Crippen molar-refractivity contribution in [2.75, 3.05) is 7.11 Å². The van der Waals surface area contributed by atoms with E-state index in [0.717, 1.165) is 22.6 Å². The van der Waals surface area contributed by atoms with Gasteiger partial charge in [0.1, 0.15) is 23.1 Å². The second-order valence-corrected chi connectivity index (χ2v) is 5.59. The molecule has 0 saturated heterocycles. The maximum absolute atomic E-state index is 13.6. The van der Waals surface area contributed by atoms with Crippen molar-refractivity contribution in [3.05, 3.63) is 50.6 Å². The summed E-state index contributed by atoms with van der Waals surface area (Å²) < 4.78 is 24.8. The van der Waals surface area contributed by atoms with E-state index >= 15 is 0 Å². The highest BCUT2D eigenvalue weighted by molar-refractivity contribution is 9.10. The summed E-state index contributed by atoms with van der Waals surface area (Å²) in [5.74, 6) is 1.66. The molecule has 20 heavy (non-hydrogen) atoms. The Hall–Kier alpha value is -1.33. The highest BCUT2D eigenvalue weighted by Gasteiger charge is 2.23. The fourth-order valence-corrected chi connectivity index (χ4v) is 2.75. The Kier molecular flexibility index (Phi) is 4.20. The fraction of sp³-hybridized carbons (Fsp3) is 0.333. The molecule has 0 saturated carbocycles. The maximum Gasteiger partial charge on any atom is 0.141 e. The quantitative estimate of drug-likeness (QED) is 0.911. The van der Waals surface area contributed by atoms with Gasteiger partial charge >= 0.3 is 0 Å². The minimum absolute atomic E-state index is 0.360. The third-order valence-electron chi connectivity index (χ3n) is 3.54. The predicted octanol–water partition coefficient (Wildman–Crippen LogP) is 4.16. The van der Waals surface area contributed by atoms with Gasteiger partial charge in [-0.1, -0.05) is 0 Å². The number of nitrogens with two attached hydrogens (primary N) is 1. The lowest BCUT2D eigenvalue weighted by Gasteiger charge is -2.17. The Morgan fingerprint density at radius 2 is 1.90 bits per heavy atom. The molecule has 5 heteroatoms. The van der Waals surface area contributed by atoms with Gasteiger partial charge in [0.25, 0.3) is 0 Å². The van der Waals surface area contributed by atoms with Crippen molar-refractivity contribution in [3.8, 4) is 5.75 Å². The van der Waals surface area contributed by atoms with Crippen LogP contribution in [-0.2, 0) is 0 Å². The van der Waals surface area contributed by atoms with E-state index in [2.05, 4.69) is 15.9 Å². The van der Waals surface area contributed by atoms with Crippen molar-refractivity contribution in [1.29, 1.82) is 0 Å². The molecule has 0 radical (unpaired) electrons. The van der Waals surface area contributed by atoms with Crippen LogP contribution < -0.4 is 10.5 Å². The molecule has 0 spiro atoms. The molecule has 2 aromatic rings. The number of benzene rings is 1. The van der Waals surface area contributed by atoms with Crippen LogP contribution >= 0.6 is 15.9 Å². The normalized spacial score (nSPS) is 12.6. The summed E-state index contributed by atoms with van der Waals surface area (Å²) >= 11 is 3.18. The lowest BCUT2D eigenvalue weighted by atomic mass is 9.95. The molecular weight excluding hydrogens is 325 g/mol. The Bertz CT molecular complexity index is 652. The Labute approximate surface area is 126 Å². The monoisotopic (exact) mass is 341 g/mol. The van der Waals surface area contributed by atoms with Crippen molar-refractivity contribution < 1.29 is 13.5 Å². The molecule has 1 unspecified atom stereocenters. The van der Waals surface area contributed by atoms with Crippen LogP contribution in [-0.4, -0.2) is 7.11 Å². The smallest absolute Gasteiger partial charge is 0.141 e. The molecule has 2 rings (SSSR count). The number of ether oxygens (including phenoxy) is 1. The van der Waals surface area contributed by atoms with Gasteiger partial charge in [-0.2, -0.15) is 0 Å². The van der Waals surface area contributed by atoms with Gasteiger partial charge < -0.3 is 14.9 Å². The lowest BCUT2D eigenvalue weighted by Crippen LogP contribution is -2.15. The third-order valence-corrected chi connectivity index (χ3v) is 4.14. The number of methoxy groups -OCH3 is 1. The average Bonchev–Trinajstić information content (AvgIpc) is 2.65. The van der Waals surface area contributed by atoms with Crippen molar-refractivity contribution in [2.24, 2.45) is 5.73 Å². The Balaban J connectivity index is 2.58. The first kappa shape index (κ1) is 15.1. The number of halogens is 2. The van der Waals surface area contributed by atoms with E-state index in [-0.39, 0.29) is 5.82 Å². The molecule has 0 aliphatic carbocycles. The van der Waals surface area contributed by atoms with Crippen LogP contribution in [0.3, 0.4) is 0 Å². The average molecular weight is 342 g/mol. The number of rotatable bonds is 3. The largest absolute Gasteiger partial charge is 0.496 e. The van der Waals surface area contributed by atoms with E-state index < -0.39 is 6.04 Å². The van der Waals surface area contributed by atoms with Gasteiger partial charge in [0, 0.05) is 17.2 Å². The molecule has 0 bridgehead atoms. The van der Waals surface area contributed by atoms with Gasteiger partial charge in [-0.3, -0.25) is 0 Å². The van der Waals surface area contributed by atoms with E-state index in [1.54, 1.807) is 6.07 Å². The summed E-state index contributed by atoms with van der Waals surface area (Å²) in [7, 11) is 1.50. The molecule has 0 aliphatic rings. The summed E-state index contributed by atoms with van der Waals surface area (Å²) in [6.45, 7) is 5.74. The Morgan fingerprint density at radius 1 is 1.25 bits per heavy atom. The first-order valence-corrected chi connectivity index (χ1v) is 7.01. The summed E-state index contributed by atoms with van der Waals surface area (Å²) in [4.78, 5) is 0. The van der Waals surface area contributed by atoms with Crippen molar-refractivity contribution in [1.82, 2.24) is 0 Å². The lowest BCUT2D eigenvalue weighted by molar-refractivity contribution is 0.403. The second kappa shape index (κ2) is 5.58. The summed E-state index contributed by atoms with van der Waals surface area (Å²) in [6, 6.07) is 2.55. The van der Waals surface area contributed by atoms with E-state index in [9.17, 15) is 4.39 Å². The first-order chi connectivity index (χ1) is 9.36. The zero-order chi connectivity index (χ0) is 15.0. The van der Waals surface area contributed by atoms with Crippen LogP contribution in [0.5, 0.6) is 5.75 Å². The standard InChI is InChI=1S/C15H17BrFNO2/c1-7-8(2)20-9(3)14(7)15(18)10-5-11(16)12(17)6-13(10)19-4/h5-6,15H,18H2,1-4H3. The van der Waals surface area contributed by atoms with E-state index in [1.807, 2.05) is 20.8 Å². The van der Waals surface area contributed by atoms with Gasteiger partial charge in [-0.25, -0.2) is 4.39 Å². The molecule has 2 N–H and O–H groups in total. The van der Waals surface area contributed by atoms with Crippen LogP contribution in [0.25, 0.3) is 0 Å². The first-order valence-electron chi connectivity index (χ1n) is 6.21. The fourth-order valence-electron chi connectivity index (χ4n) is 2.39. The van der Waals surface area contributed by atoms with Gasteiger partial charge in [-0.05, 0) is 48.3 Å². The van der Waals surface area contributed by atoms with Crippen LogP contribution in [0.2, 0.25) is 0 Å². The molecule has 1 heterocycles. The second-order valence-electron chi connectivity index (χ2n) is 4.74. The van der Waals surface area contributed by atoms with Crippen LogP contribution in [0, 0.1) is 26.6 Å². The summed E-state index contributed by atoms with van der Waals surface area (Å²) in [6.07, 6.45) is 0. The van der Waals surface area contributed by atoms with Crippen molar-refractivity contribution in [3.63, 3.8) is 0 Å². The predicted molar refractivity (Wildman–Crippen MR) is 79.6 cm³/mol. The third kappa shape index (κ3) is 2.47. The molecule has 0 aliphatic heterocycles. The van der Waals surface area contributed by atoms with Gasteiger partial charge in [-0.15, -0.1) is 0 Å². The molecule has 3 nitrogen and oxygen atoms in total. The number of aryl methyl sites for hydroxylation is 2. The van der Waals surface area contributed by atoms with Crippen LogP contribution in [0.1, 0.15) is 34.3 Å². The minimum atomic E-state index is -0.431. The highest BCUT2D eigenvalue weighted by Crippen LogP contribution is 2.36. The van der Waals surface area contributed by atoms with E-state index in [1.165, 1.54) is 13.2 Å². The maximum atomic E-state index is 13.6. The highest BCUT2D eigenvalue weighted by atomic mass is 79.9. The molecule has 1 aromatic carbocycles. The molecule has 1 aromatic heterocycles. The zero-order valence-electron chi connectivity index (χ0n) is 11.9. The summed E-state index contributed by atoms with van der Waals surface area (Å²) in [5, 5.41) is 0. The molecular formula is C15H17BrFNO2. The molecule has 1 atom stereocenters. The summed E-state index contributed by atoms with van der Waals surface area (Å²) in [5.41, 5.74) is 8.99. The SMILES string of the molecule is COc1cc(F)c(Br)cc1C(N)c1c(C)oc(C)c1C. The number of hydrogen-bond acceptors (Lipinski definition) is 3. The van der Waals surface area contributed by atoms with Gasteiger partial charge in [0.05, 0.1) is 17.6 Å². The van der Waals surface area contributed by atoms with Gasteiger partial charge in [0.2, 0.25) is 0 Å². The number of hydrogen-bond donors (Lipinski definition) is 1. The van der Waals surface area contributed by atoms with E-state index in [0.29, 0.717) is 15.8 Å². The minimum Gasteiger partial charge on any atom is -0.496 e. The van der Waals surface area contributed by atoms with Crippen LogP contribution in [0.15, 0.2) is 21.0 Å². The van der Waals surface area contributed by atoms with Gasteiger partial charge in [0.15, 0.2) is 0 Å². The number of furan rings is 1. The topological polar surface area (TPSA) is 48.4 Å². The molecule has 0 amide bonds. The zero-order valence-corrected chi connectivity index (χ0v) is 13.5. The molecule has 0 fully saturated rings. The van der Waals surface area contributed by atoms with Crippen LogP contribution in [0.4, 0.5) is 4.39 Å².